The second-order valence-electron chi connectivity index (χ2n) is 8.28. The number of carbonyl (C=O) groups is 1. The van der Waals surface area contributed by atoms with Gasteiger partial charge >= 0.3 is 0 Å². The molecule has 1 atom stereocenters. The number of aliphatic hydroxyl groups is 1. The maximum absolute atomic E-state index is 13.5. The third kappa shape index (κ3) is 4.26. The van der Waals surface area contributed by atoms with E-state index in [4.69, 9.17) is 0 Å². The van der Waals surface area contributed by atoms with Crippen molar-refractivity contribution in [2.75, 3.05) is 0 Å². The van der Waals surface area contributed by atoms with E-state index in [9.17, 15) is 18.7 Å². The Morgan fingerprint density at radius 3 is 2.29 bits per heavy atom. The first-order valence-electron chi connectivity index (χ1n) is 10.1. The molecule has 0 amide bonds. The van der Waals surface area contributed by atoms with E-state index in [0.717, 1.165) is 28.3 Å². The summed E-state index contributed by atoms with van der Waals surface area (Å²) in [7, 11) is 0. The summed E-state index contributed by atoms with van der Waals surface area (Å²) in [5, 5.41) is 18.7. The highest BCUT2D eigenvalue weighted by molar-refractivity contribution is 6.22. The van der Waals surface area contributed by atoms with Gasteiger partial charge in [0.1, 0.15) is 23.1 Å². The molecule has 1 aliphatic rings. The molecule has 0 fully saturated rings. The Kier molecular flexibility index (Phi) is 5.43. The van der Waals surface area contributed by atoms with Crippen LogP contribution in [0.1, 0.15) is 35.1 Å². The molecule has 4 rings (SSSR count). The van der Waals surface area contributed by atoms with Gasteiger partial charge < -0.3 is 5.11 Å². The molecule has 5 nitrogen and oxygen atoms in total. The fourth-order valence-corrected chi connectivity index (χ4v) is 4.45. The van der Waals surface area contributed by atoms with E-state index in [1.165, 1.54) is 16.8 Å². The molecule has 0 aliphatic heterocycles. The van der Waals surface area contributed by atoms with Crippen molar-refractivity contribution in [3.63, 3.8) is 0 Å². The van der Waals surface area contributed by atoms with Gasteiger partial charge in [-0.3, -0.25) is 9.48 Å². The van der Waals surface area contributed by atoms with Crippen LogP contribution in [0.15, 0.2) is 42.3 Å². The van der Waals surface area contributed by atoms with E-state index in [-0.39, 0.29) is 23.9 Å². The summed E-state index contributed by atoms with van der Waals surface area (Å²) in [6, 6.07) is 7.19. The van der Waals surface area contributed by atoms with Crippen molar-refractivity contribution < 1.29 is 18.7 Å². The van der Waals surface area contributed by atoms with Gasteiger partial charge in [-0.2, -0.15) is 0 Å². The Morgan fingerprint density at radius 2 is 1.68 bits per heavy atom. The maximum atomic E-state index is 13.5. The standard InChI is InChI=1S/C24H23F2N3O2/c1-13-4-14(2)23(15(3)5-13)24-21(30)6-16(7-22(24)31)11-29-12-20(27-28-29)17-8-18(25)10-19(26)9-17/h4-5,8-10,12,16,30H,6-7,11H2,1-3H3. The zero-order valence-electron chi connectivity index (χ0n) is 17.6. The molecule has 0 spiro atoms. The van der Waals surface area contributed by atoms with Crippen LogP contribution in [-0.4, -0.2) is 25.9 Å². The number of aromatic nitrogens is 3. The van der Waals surface area contributed by atoms with Crippen LogP contribution < -0.4 is 0 Å². The topological polar surface area (TPSA) is 68.0 Å². The van der Waals surface area contributed by atoms with Gasteiger partial charge in [-0.05, 0) is 55.5 Å². The van der Waals surface area contributed by atoms with E-state index >= 15 is 0 Å². The summed E-state index contributed by atoms with van der Waals surface area (Å²) in [4.78, 5) is 13.0. The van der Waals surface area contributed by atoms with Crippen molar-refractivity contribution >= 4 is 11.4 Å². The van der Waals surface area contributed by atoms with E-state index < -0.39 is 11.6 Å². The summed E-state index contributed by atoms with van der Waals surface area (Å²) in [6.07, 6.45) is 2.21. The number of aliphatic hydroxyl groups excluding tert-OH is 1. The van der Waals surface area contributed by atoms with Gasteiger partial charge in [-0.15, -0.1) is 5.10 Å². The molecule has 0 radical (unpaired) electrons. The number of aryl methyl sites for hydroxylation is 3. The molecule has 1 heterocycles. The Labute approximate surface area is 179 Å². The minimum Gasteiger partial charge on any atom is -0.512 e. The highest BCUT2D eigenvalue weighted by atomic mass is 19.1. The lowest BCUT2D eigenvalue weighted by Crippen LogP contribution is -2.23. The van der Waals surface area contributed by atoms with Crippen LogP contribution in [0.4, 0.5) is 8.78 Å². The number of ketones is 1. The second kappa shape index (κ2) is 8.06. The molecule has 0 saturated heterocycles. The average molecular weight is 423 g/mol. The van der Waals surface area contributed by atoms with Crippen molar-refractivity contribution in [2.24, 2.45) is 5.92 Å². The molecular formula is C24H23F2N3O2. The normalized spacial score (nSPS) is 16.8. The Balaban J connectivity index is 1.55. The summed E-state index contributed by atoms with van der Waals surface area (Å²) >= 11 is 0. The predicted molar refractivity (Wildman–Crippen MR) is 113 cm³/mol. The molecule has 160 valence electrons. The number of benzene rings is 2. The van der Waals surface area contributed by atoms with Crippen LogP contribution in [-0.2, 0) is 11.3 Å². The van der Waals surface area contributed by atoms with Gasteiger partial charge in [0.15, 0.2) is 5.78 Å². The Hall–Kier alpha value is -3.35. The molecule has 1 aromatic heterocycles. The van der Waals surface area contributed by atoms with E-state index in [2.05, 4.69) is 10.3 Å². The number of nitrogens with zero attached hydrogens (tertiary/aromatic N) is 3. The molecule has 0 saturated carbocycles. The van der Waals surface area contributed by atoms with Crippen LogP contribution in [0.5, 0.6) is 0 Å². The van der Waals surface area contributed by atoms with Crippen molar-refractivity contribution in [2.45, 2.75) is 40.2 Å². The lowest BCUT2D eigenvalue weighted by molar-refractivity contribution is -0.115. The van der Waals surface area contributed by atoms with E-state index in [1.807, 2.05) is 32.9 Å². The van der Waals surface area contributed by atoms with Crippen LogP contribution in [0, 0.1) is 38.3 Å². The molecule has 1 unspecified atom stereocenters. The highest BCUT2D eigenvalue weighted by Crippen LogP contribution is 2.36. The maximum Gasteiger partial charge on any atom is 0.167 e. The summed E-state index contributed by atoms with van der Waals surface area (Å²) in [5.41, 5.74) is 4.89. The quantitative estimate of drug-likeness (QED) is 0.634. The molecular weight excluding hydrogens is 400 g/mol. The number of allylic oxidation sites excluding steroid dienone is 2. The molecule has 0 bridgehead atoms. The molecule has 1 N–H and O–H groups in total. The van der Waals surface area contributed by atoms with Crippen LogP contribution in [0.25, 0.3) is 16.8 Å². The third-order valence-corrected chi connectivity index (χ3v) is 5.59. The SMILES string of the molecule is Cc1cc(C)c(C2=C(O)CC(Cn3cc(-c4cc(F)cc(F)c4)nn3)CC2=O)c(C)c1. The predicted octanol–water partition coefficient (Wildman–Crippen LogP) is 5.10. The Morgan fingerprint density at radius 1 is 1.03 bits per heavy atom. The lowest BCUT2D eigenvalue weighted by Gasteiger charge is -2.25. The lowest BCUT2D eigenvalue weighted by atomic mass is 9.81. The third-order valence-electron chi connectivity index (χ3n) is 5.59. The highest BCUT2D eigenvalue weighted by Gasteiger charge is 2.30. The summed E-state index contributed by atoms with van der Waals surface area (Å²) in [6.45, 7) is 6.25. The zero-order chi connectivity index (χ0) is 22.3. The summed E-state index contributed by atoms with van der Waals surface area (Å²) in [5.74, 6) is -1.54. The summed E-state index contributed by atoms with van der Waals surface area (Å²) < 4.78 is 28.5. The molecule has 31 heavy (non-hydrogen) atoms. The number of halogens is 2. The zero-order valence-corrected chi connectivity index (χ0v) is 17.6. The average Bonchev–Trinajstić information content (AvgIpc) is 3.11. The number of carbonyl (C=O) groups excluding carboxylic acids is 1. The largest absolute Gasteiger partial charge is 0.512 e. The molecule has 2 aromatic carbocycles. The Bertz CT molecular complexity index is 1170. The van der Waals surface area contributed by atoms with Gasteiger partial charge in [0, 0.05) is 31.0 Å². The number of Topliss-reactive ketones (excluding diaryl/α,β-unsaturated/α-hetero) is 1. The first-order chi connectivity index (χ1) is 14.7. The first kappa shape index (κ1) is 20.9. The number of rotatable bonds is 4. The smallest absolute Gasteiger partial charge is 0.167 e. The van der Waals surface area contributed by atoms with Gasteiger partial charge in [-0.1, -0.05) is 22.9 Å². The van der Waals surface area contributed by atoms with E-state index in [0.29, 0.717) is 29.8 Å². The number of hydrogen-bond acceptors (Lipinski definition) is 4. The van der Waals surface area contributed by atoms with Gasteiger partial charge in [-0.25, -0.2) is 8.78 Å². The van der Waals surface area contributed by atoms with Crippen molar-refractivity contribution in [3.8, 4) is 11.3 Å². The van der Waals surface area contributed by atoms with Crippen molar-refractivity contribution in [3.05, 3.63) is 76.2 Å². The van der Waals surface area contributed by atoms with Gasteiger partial charge in [0.05, 0.1) is 11.8 Å². The second-order valence-corrected chi connectivity index (χ2v) is 8.28. The van der Waals surface area contributed by atoms with Gasteiger partial charge in [0.25, 0.3) is 0 Å². The minimum absolute atomic E-state index is 0.0869. The van der Waals surface area contributed by atoms with Crippen LogP contribution in [0.2, 0.25) is 0 Å². The van der Waals surface area contributed by atoms with Crippen LogP contribution >= 0.6 is 0 Å². The van der Waals surface area contributed by atoms with E-state index in [1.54, 1.807) is 6.20 Å². The van der Waals surface area contributed by atoms with Crippen molar-refractivity contribution in [1.82, 2.24) is 15.0 Å². The molecule has 1 aliphatic carbocycles. The molecule has 3 aromatic rings. The fraction of sp³-hybridized carbons (Fsp3) is 0.292. The monoisotopic (exact) mass is 423 g/mol. The minimum atomic E-state index is -0.688. The fourth-order valence-electron chi connectivity index (χ4n) is 4.45. The molecule has 7 heteroatoms. The first-order valence-corrected chi connectivity index (χ1v) is 10.1. The van der Waals surface area contributed by atoms with Crippen LogP contribution in [0.3, 0.4) is 0 Å². The van der Waals surface area contributed by atoms with Gasteiger partial charge in [0.2, 0.25) is 0 Å². The van der Waals surface area contributed by atoms with Crippen molar-refractivity contribution in [1.29, 1.82) is 0 Å². The number of hydrogen-bond donors (Lipinski definition) is 1.